The highest BCUT2D eigenvalue weighted by Gasteiger charge is 2.38. The molecule has 3 atom stereocenters. The van der Waals surface area contributed by atoms with Crippen LogP contribution >= 0.6 is 0 Å². The van der Waals surface area contributed by atoms with Crippen LogP contribution in [-0.4, -0.2) is 22.6 Å². The predicted molar refractivity (Wildman–Crippen MR) is 82.3 cm³/mol. The number of anilines is 1. The molecule has 2 heterocycles. The second-order valence-electron chi connectivity index (χ2n) is 6.14. The first-order valence-corrected chi connectivity index (χ1v) is 7.95. The first kappa shape index (κ1) is 14.3. The third kappa shape index (κ3) is 3.02. The lowest BCUT2D eigenvalue weighted by atomic mass is 9.85. The molecule has 1 amide bonds. The lowest BCUT2D eigenvalue weighted by molar-refractivity contribution is -0.117. The van der Waals surface area contributed by atoms with Gasteiger partial charge < -0.3 is 15.2 Å². The van der Waals surface area contributed by atoms with Gasteiger partial charge in [0.2, 0.25) is 5.91 Å². The molecule has 0 spiro atoms. The molecule has 114 valence electrons. The Bertz CT molecular complexity index is 567. The highest BCUT2D eigenvalue weighted by molar-refractivity contribution is 5.94. The summed E-state index contributed by atoms with van der Waals surface area (Å²) in [6.07, 6.45) is 7.63. The molecule has 1 aliphatic carbocycles. The Balaban J connectivity index is 1.65. The molecule has 1 aliphatic heterocycles. The van der Waals surface area contributed by atoms with Crippen molar-refractivity contribution in [2.45, 2.75) is 57.7 Å². The lowest BCUT2D eigenvalue weighted by Gasteiger charge is -2.24. The summed E-state index contributed by atoms with van der Waals surface area (Å²) in [4.78, 5) is 23.9. The van der Waals surface area contributed by atoms with Crippen LogP contribution < -0.4 is 16.2 Å². The quantitative estimate of drug-likeness (QED) is 0.890. The second kappa shape index (κ2) is 6.02. The first-order valence-electron chi connectivity index (χ1n) is 7.95. The van der Waals surface area contributed by atoms with E-state index in [4.69, 9.17) is 0 Å². The van der Waals surface area contributed by atoms with Gasteiger partial charge in [0, 0.05) is 24.8 Å². The van der Waals surface area contributed by atoms with Crippen molar-refractivity contribution in [2.24, 2.45) is 5.92 Å². The molecule has 1 aromatic rings. The topological polar surface area (TPSA) is 63.1 Å². The van der Waals surface area contributed by atoms with Gasteiger partial charge in [0.1, 0.15) is 0 Å². The van der Waals surface area contributed by atoms with Crippen LogP contribution in [0.25, 0.3) is 0 Å². The van der Waals surface area contributed by atoms with Crippen LogP contribution in [0, 0.1) is 5.92 Å². The van der Waals surface area contributed by atoms with E-state index in [-0.39, 0.29) is 17.5 Å². The zero-order valence-electron chi connectivity index (χ0n) is 12.5. The maximum absolute atomic E-state index is 12.4. The zero-order valence-corrected chi connectivity index (χ0v) is 12.5. The van der Waals surface area contributed by atoms with Gasteiger partial charge >= 0.3 is 0 Å². The lowest BCUT2D eigenvalue weighted by Crippen LogP contribution is -2.40. The molecule has 1 saturated heterocycles. The van der Waals surface area contributed by atoms with E-state index in [2.05, 4.69) is 10.6 Å². The number of fused-ring (bicyclic) bond motifs is 1. The number of pyridine rings is 1. The zero-order chi connectivity index (χ0) is 14.8. The maximum atomic E-state index is 12.4. The largest absolute Gasteiger partial charge is 0.323 e. The average Bonchev–Trinajstić information content (AvgIpc) is 2.93. The summed E-state index contributed by atoms with van der Waals surface area (Å²) >= 11 is 0. The number of amides is 1. The van der Waals surface area contributed by atoms with E-state index in [0.717, 1.165) is 6.42 Å². The van der Waals surface area contributed by atoms with E-state index >= 15 is 0 Å². The molecule has 2 fully saturated rings. The van der Waals surface area contributed by atoms with Crippen molar-refractivity contribution >= 4 is 11.6 Å². The fraction of sp³-hybridized carbons (Fsp3) is 0.625. The van der Waals surface area contributed by atoms with Crippen LogP contribution in [0.5, 0.6) is 0 Å². The Hall–Kier alpha value is -1.62. The van der Waals surface area contributed by atoms with Gasteiger partial charge in [-0.1, -0.05) is 12.8 Å². The van der Waals surface area contributed by atoms with Crippen LogP contribution in [-0.2, 0) is 11.3 Å². The Kier molecular flexibility index (Phi) is 4.10. The standard InChI is InChI=1S/C16H23N3O2/c1-2-19-10-12(7-8-15(19)20)17-16(21)14-9-11-5-3-4-6-13(11)18-14/h7-8,10-11,13-14,18H,2-6,9H2,1H3,(H,17,21). The molecule has 0 radical (unpaired) electrons. The van der Waals surface area contributed by atoms with Gasteiger partial charge in [-0.05, 0) is 38.2 Å². The molecule has 0 aromatic carbocycles. The molecule has 5 heteroatoms. The Morgan fingerprint density at radius 1 is 1.38 bits per heavy atom. The summed E-state index contributed by atoms with van der Waals surface area (Å²) in [6.45, 7) is 2.52. The predicted octanol–water partition coefficient (Wildman–Crippen LogP) is 1.73. The molecule has 1 saturated carbocycles. The fourth-order valence-electron chi connectivity index (χ4n) is 3.60. The third-order valence-electron chi connectivity index (χ3n) is 4.77. The molecular formula is C16H23N3O2. The number of aryl methyl sites for hydroxylation is 1. The van der Waals surface area contributed by atoms with Crippen molar-refractivity contribution in [3.8, 4) is 0 Å². The summed E-state index contributed by atoms with van der Waals surface area (Å²) in [5, 5.41) is 6.41. The van der Waals surface area contributed by atoms with Crippen molar-refractivity contribution < 1.29 is 4.79 Å². The number of rotatable bonds is 3. The van der Waals surface area contributed by atoms with Crippen molar-refractivity contribution in [3.05, 3.63) is 28.7 Å². The van der Waals surface area contributed by atoms with Gasteiger partial charge in [0.05, 0.1) is 11.7 Å². The Morgan fingerprint density at radius 3 is 2.95 bits per heavy atom. The number of nitrogens with one attached hydrogen (secondary N) is 2. The fourth-order valence-corrected chi connectivity index (χ4v) is 3.60. The number of hydrogen-bond donors (Lipinski definition) is 2. The molecule has 5 nitrogen and oxygen atoms in total. The number of nitrogens with zero attached hydrogens (tertiary/aromatic N) is 1. The highest BCUT2D eigenvalue weighted by atomic mass is 16.2. The minimum absolute atomic E-state index is 0.0192. The molecule has 3 unspecified atom stereocenters. The van der Waals surface area contributed by atoms with Gasteiger partial charge in [-0.3, -0.25) is 9.59 Å². The van der Waals surface area contributed by atoms with E-state index in [0.29, 0.717) is 24.2 Å². The van der Waals surface area contributed by atoms with Gasteiger partial charge in [0.15, 0.2) is 0 Å². The Morgan fingerprint density at radius 2 is 2.19 bits per heavy atom. The highest BCUT2D eigenvalue weighted by Crippen LogP contribution is 2.33. The van der Waals surface area contributed by atoms with E-state index < -0.39 is 0 Å². The number of carbonyl (C=O) groups is 1. The normalized spacial score (nSPS) is 28.1. The number of aromatic nitrogens is 1. The van der Waals surface area contributed by atoms with E-state index in [1.807, 2.05) is 6.92 Å². The SMILES string of the molecule is CCn1cc(NC(=O)C2CC3CCCCC3N2)ccc1=O. The number of hydrogen-bond acceptors (Lipinski definition) is 3. The molecule has 3 rings (SSSR count). The maximum Gasteiger partial charge on any atom is 0.250 e. The summed E-state index contributed by atoms with van der Waals surface area (Å²) in [5.74, 6) is 0.671. The second-order valence-corrected chi connectivity index (χ2v) is 6.14. The summed E-state index contributed by atoms with van der Waals surface area (Å²) in [7, 11) is 0. The summed E-state index contributed by atoms with van der Waals surface area (Å²) in [6, 6.07) is 3.59. The van der Waals surface area contributed by atoms with Crippen LogP contribution in [0.1, 0.15) is 39.0 Å². The summed E-state index contributed by atoms with van der Waals surface area (Å²) < 4.78 is 1.59. The summed E-state index contributed by atoms with van der Waals surface area (Å²) in [5.41, 5.74) is 0.652. The Labute approximate surface area is 124 Å². The van der Waals surface area contributed by atoms with Crippen molar-refractivity contribution in [3.63, 3.8) is 0 Å². The van der Waals surface area contributed by atoms with E-state index in [1.54, 1.807) is 16.8 Å². The van der Waals surface area contributed by atoms with Crippen LogP contribution in [0.15, 0.2) is 23.1 Å². The van der Waals surface area contributed by atoms with Crippen molar-refractivity contribution in [1.29, 1.82) is 0 Å². The van der Waals surface area contributed by atoms with E-state index in [1.165, 1.54) is 31.7 Å². The molecule has 2 aliphatic rings. The van der Waals surface area contributed by atoms with Crippen LogP contribution in [0.2, 0.25) is 0 Å². The third-order valence-corrected chi connectivity index (χ3v) is 4.77. The van der Waals surface area contributed by atoms with Gasteiger partial charge in [-0.25, -0.2) is 0 Å². The van der Waals surface area contributed by atoms with Crippen LogP contribution in [0.4, 0.5) is 5.69 Å². The minimum Gasteiger partial charge on any atom is -0.323 e. The molecule has 1 aromatic heterocycles. The van der Waals surface area contributed by atoms with Crippen LogP contribution in [0.3, 0.4) is 0 Å². The van der Waals surface area contributed by atoms with Gasteiger partial charge in [-0.2, -0.15) is 0 Å². The first-order chi connectivity index (χ1) is 10.2. The smallest absolute Gasteiger partial charge is 0.250 e. The molecular weight excluding hydrogens is 266 g/mol. The van der Waals surface area contributed by atoms with E-state index in [9.17, 15) is 9.59 Å². The van der Waals surface area contributed by atoms with Crippen molar-refractivity contribution in [1.82, 2.24) is 9.88 Å². The van der Waals surface area contributed by atoms with Crippen molar-refractivity contribution in [2.75, 3.05) is 5.32 Å². The molecule has 2 N–H and O–H groups in total. The number of carbonyl (C=O) groups excluding carboxylic acids is 1. The molecule has 21 heavy (non-hydrogen) atoms. The molecule has 0 bridgehead atoms. The van der Waals surface area contributed by atoms with Gasteiger partial charge in [0.25, 0.3) is 5.56 Å². The monoisotopic (exact) mass is 289 g/mol. The average molecular weight is 289 g/mol. The minimum atomic E-state index is -0.0971. The van der Waals surface area contributed by atoms with Gasteiger partial charge in [-0.15, -0.1) is 0 Å².